The fourth-order valence-electron chi connectivity index (χ4n) is 3.70. The molecule has 1 fully saturated rings. The lowest BCUT2D eigenvalue weighted by molar-refractivity contribution is -0.141. The lowest BCUT2D eigenvalue weighted by Crippen LogP contribution is -2.67. The molecule has 3 unspecified atom stereocenters. The minimum atomic E-state index is -0.188. The van der Waals surface area contributed by atoms with E-state index >= 15 is 0 Å². The number of halogens is 1. The van der Waals surface area contributed by atoms with Crippen LogP contribution in [0.2, 0.25) is 5.02 Å². The molecule has 1 aliphatic rings. The highest BCUT2D eigenvalue weighted by Gasteiger charge is 2.55. The average molecular weight is 342 g/mol. The molecular formula is C17H24ClNO4. The summed E-state index contributed by atoms with van der Waals surface area (Å²) in [7, 11) is 4.72. The number of carbonyl (C=O) groups excluding carboxylic acids is 1. The van der Waals surface area contributed by atoms with Crippen molar-refractivity contribution in [3.8, 4) is 11.5 Å². The minimum Gasteiger partial charge on any atom is -0.493 e. The van der Waals surface area contributed by atoms with Gasteiger partial charge in [0.05, 0.1) is 25.3 Å². The van der Waals surface area contributed by atoms with Crippen molar-refractivity contribution in [2.24, 2.45) is 11.3 Å². The first kappa shape index (κ1) is 17.9. The quantitative estimate of drug-likeness (QED) is 0.893. The summed E-state index contributed by atoms with van der Waals surface area (Å²) in [6.07, 6.45) is 0.127. The van der Waals surface area contributed by atoms with Crippen molar-refractivity contribution in [2.75, 3.05) is 21.3 Å². The van der Waals surface area contributed by atoms with Crippen molar-refractivity contribution in [3.63, 3.8) is 0 Å². The van der Waals surface area contributed by atoms with E-state index in [4.69, 9.17) is 25.8 Å². The normalized spacial score (nSPS) is 25.4. The summed E-state index contributed by atoms with van der Waals surface area (Å²) < 4.78 is 15.9. The van der Waals surface area contributed by atoms with Gasteiger partial charge in [-0.3, -0.25) is 4.79 Å². The van der Waals surface area contributed by atoms with Crippen LogP contribution in [0.25, 0.3) is 0 Å². The first-order chi connectivity index (χ1) is 10.8. The van der Waals surface area contributed by atoms with Crippen LogP contribution in [0.3, 0.4) is 0 Å². The Bertz CT molecular complexity index is 603. The highest BCUT2D eigenvalue weighted by Crippen LogP contribution is 2.47. The van der Waals surface area contributed by atoms with Crippen LogP contribution >= 0.6 is 11.6 Å². The molecular weight excluding hydrogens is 318 g/mol. The van der Waals surface area contributed by atoms with Crippen LogP contribution < -0.4 is 14.8 Å². The standard InChI is InChI=1S/C17H24ClNO4/c1-9-14(17(2,3)15(9)23-6)19-16(20)10-7-11(18)13(22-5)12(8-10)21-4/h7-9,14-15H,1-6H3,(H,19,20). The summed E-state index contributed by atoms with van der Waals surface area (Å²) in [5.41, 5.74) is 0.320. The molecule has 0 heterocycles. The predicted molar refractivity (Wildman–Crippen MR) is 89.6 cm³/mol. The molecule has 1 saturated carbocycles. The van der Waals surface area contributed by atoms with E-state index in [1.807, 2.05) is 0 Å². The van der Waals surface area contributed by atoms with Crippen LogP contribution in [-0.2, 0) is 4.74 Å². The maximum atomic E-state index is 12.6. The SMILES string of the molecule is COc1cc(C(=O)NC2C(C)C(OC)C2(C)C)cc(Cl)c1OC. The van der Waals surface area contributed by atoms with Crippen molar-refractivity contribution in [1.29, 1.82) is 0 Å². The van der Waals surface area contributed by atoms with Gasteiger partial charge in [-0.2, -0.15) is 0 Å². The van der Waals surface area contributed by atoms with Gasteiger partial charge in [-0.15, -0.1) is 0 Å². The zero-order chi connectivity index (χ0) is 17.4. The maximum absolute atomic E-state index is 12.6. The van der Waals surface area contributed by atoms with Crippen LogP contribution in [0.15, 0.2) is 12.1 Å². The Balaban J connectivity index is 2.21. The molecule has 0 aromatic heterocycles. The van der Waals surface area contributed by atoms with Crippen molar-refractivity contribution in [1.82, 2.24) is 5.32 Å². The monoisotopic (exact) mass is 341 g/mol. The van der Waals surface area contributed by atoms with E-state index in [-0.39, 0.29) is 29.4 Å². The number of nitrogens with one attached hydrogen (secondary N) is 1. The fraction of sp³-hybridized carbons (Fsp3) is 0.588. The van der Waals surface area contributed by atoms with E-state index in [1.54, 1.807) is 19.2 Å². The second-order valence-electron chi connectivity index (χ2n) is 6.48. The zero-order valence-electron chi connectivity index (χ0n) is 14.4. The molecule has 1 aliphatic carbocycles. The van der Waals surface area contributed by atoms with E-state index < -0.39 is 0 Å². The molecule has 128 valence electrons. The molecule has 0 bridgehead atoms. The topological polar surface area (TPSA) is 56.8 Å². The summed E-state index contributed by atoms with van der Waals surface area (Å²) in [4.78, 5) is 12.6. The van der Waals surface area contributed by atoms with Crippen LogP contribution in [0.5, 0.6) is 11.5 Å². The summed E-state index contributed by atoms with van der Waals surface area (Å²) in [5, 5.41) is 3.42. The number of hydrogen-bond acceptors (Lipinski definition) is 4. The minimum absolute atomic E-state index is 0.0341. The predicted octanol–water partition coefficient (Wildman–Crippen LogP) is 3.15. The summed E-state index contributed by atoms with van der Waals surface area (Å²) in [5.74, 6) is 0.908. The van der Waals surface area contributed by atoms with Crippen LogP contribution in [0.1, 0.15) is 31.1 Å². The van der Waals surface area contributed by atoms with Crippen LogP contribution in [0, 0.1) is 11.3 Å². The molecule has 0 saturated heterocycles. The molecule has 0 radical (unpaired) electrons. The highest BCUT2D eigenvalue weighted by molar-refractivity contribution is 6.32. The third-order valence-electron chi connectivity index (χ3n) is 4.77. The molecule has 5 nitrogen and oxygen atoms in total. The van der Waals surface area contributed by atoms with Gasteiger partial charge in [0.25, 0.3) is 5.91 Å². The Kier molecular flexibility index (Phi) is 5.11. The van der Waals surface area contributed by atoms with Crippen molar-refractivity contribution < 1.29 is 19.0 Å². The third-order valence-corrected chi connectivity index (χ3v) is 5.06. The molecule has 6 heteroatoms. The average Bonchev–Trinajstić information content (AvgIpc) is 2.51. The van der Waals surface area contributed by atoms with Gasteiger partial charge in [-0.05, 0) is 12.1 Å². The largest absolute Gasteiger partial charge is 0.493 e. The van der Waals surface area contributed by atoms with Gasteiger partial charge in [0.15, 0.2) is 11.5 Å². The van der Waals surface area contributed by atoms with Gasteiger partial charge in [0.1, 0.15) is 0 Å². The van der Waals surface area contributed by atoms with E-state index in [9.17, 15) is 4.79 Å². The smallest absolute Gasteiger partial charge is 0.251 e. The van der Waals surface area contributed by atoms with Gasteiger partial charge in [-0.1, -0.05) is 32.4 Å². The first-order valence-electron chi connectivity index (χ1n) is 7.53. The van der Waals surface area contributed by atoms with Crippen LogP contribution in [-0.4, -0.2) is 39.4 Å². The Hall–Kier alpha value is -1.46. The Morgan fingerprint density at radius 1 is 1.22 bits per heavy atom. The summed E-state index contributed by atoms with van der Waals surface area (Å²) in [6, 6.07) is 3.25. The van der Waals surface area contributed by atoms with E-state index in [1.165, 1.54) is 14.2 Å². The van der Waals surface area contributed by atoms with Gasteiger partial charge < -0.3 is 19.5 Å². The summed E-state index contributed by atoms with van der Waals surface area (Å²) >= 11 is 6.17. The number of rotatable bonds is 5. The lowest BCUT2D eigenvalue weighted by Gasteiger charge is -2.56. The fourth-order valence-corrected chi connectivity index (χ4v) is 3.99. The number of carbonyl (C=O) groups is 1. The molecule has 0 spiro atoms. The molecule has 1 N–H and O–H groups in total. The third kappa shape index (κ3) is 3.00. The lowest BCUT2D eigenvalue weighted by atomic mass is 9.58. The van der Waals surface area contributed by atoms with Crippen molar-refractivity contribution in [3.05, 3.63) is 22.7 Å². The number of amides is 1. The van der Waals surface area contributed by atoms with E-state index in [2.05, 4.69) is 26.1 Å². The first-order valence-corrected chi connectivity index (χ1v) is 7.90. The Labute approximate surface area is 142 Å². The molecule has 3 atom stereocenters. The van der Waals surface area contributed by atoms with Gasteiger partial charge in [-0.25, -0.2) is 0 Å². The number of ether oxygens (including phenoxy) is 3. The molecule has 1 amide bonds. The van der Waals surface area contributed by atoms with Gasteiger partial charge >= 0.3 is 0 Å². The molecule has 1 aromatic carbocycles. The molecule has 1 aromatic rings. The Morgan fingerprint density at radius 2 is 1.87 bits per heavy atom. The number of methoxy groups -OCH3 is 3. The van der Waals surface area contributed by atoms with Gasteiger partial charge in [0, 0.05) is 30.0 Å². The highest BCUT2D eigenvalue weighted by atomic mass is 35.5. The summed E-state index contributed by atoms with van der Waals surface area (Å²) in [6.45, 7) is 6.26. The second-order valence-corrected chi connectivity index (χ2v) is 6.89. The van der Waals surface area contributed by atoms with Crippen molar-refractivity contribution >= 4 is 17.5 Å². The maximum Gasteiger partial charge on any atom is 0.251 e. The van der Waals surface area contributed by atoms with E-state index in [0.717, 1.165) is 0 Å². The zero-order valence-corrected chi connectivity index (χ0v) is 15.2. The molecule has 2 rings (SSSR count). The number of hydrogen-bond donors (Lipinski definition) is 1. The molecule has 23 heavy (non-hydrogen) atoms. The Morgan fingerprint density at radius 3 is 2.35 bits per heavy atom. The van der Waals surface area contributed by atoms with E-state index in [0.29, 0.717) is 22.1 Å². The molecule has 0 aliphatic heterocycles. The van der Waals surface area contributed by atoms with Crippen molar-refractivity contribution in [2.45, 2.75) is 32.9 Å². The number of benzene rings is 1. The van der Waals surface area contributed by atoms with Crippen LogP contribution in [0.4, 0.5) is 0 Å². The second kappa shape index (κ2) is 6.57. The van der Waals surface area contributed by atoms with Gasteiger partial charge in [0.2, 0.25) is 0 Å².